The van der Waals surface area contributed by atoms with Crippen LogP contribution < -0.4 is 0 Å². The zero-order valence-corrected chi connectivity index (χ0v) is 14.2. The number of nitrogens with zero attached hydrogens (tertiary/aromatic N) is 4. The molecule has 0 unspecified atom stereocenters. The van der Waals surface area contributed by atoms with Crippen molar-refractivity contribution in [1.82, 2.24) is 20.1 Å². The average Bonchev–Trinajstić information content (AvgIpc) is 3.11. The van der Waals surface area contributed by atoms with E-state index >= 15 is 0 Å². The Labute approximate surface area is 141 Å². The third-order valence-corrected chi connectivity index (χ3v) is 4.09. The lowest BCUT2D eigenvalue weighted by atomic mass is 10.1. The van der Waals surface area contributed by atoms with E-state index in [1.807, 2.05) is 20.8 Å². The van der Waals surface area contributed by atoms with Crippen LogP contribution in [0.4, 0.5) is 0 Å². The van der Waals surface area contributed by atoms with Crippen molar-refractivity contribution in [2.45, 2.75) is 39.2 Å². The summed E-state index contributed by atoms with van der Waals surface area (Å²) in [6.07, 6.45) is 3.79. The van der Waals surface area contributed by atoms with Crippen molar-refractivity contribution >= 4 is 5.91 Å². The Kier molecular flexibility index (Phi) is 4.89. The van der Waals surface area contributed by atoms with Crippen LogP contribution in [-0.2, 0) is 11.2 Å². The van der Waals surface area contributed by atoms with Gasteiger partial charge in [-0.05, 0) is 18.1 Å². The number of hydrogen-bond acceptors (Lipinski definition) is 6. The molecule has 7 nitrogen and oxygen atoms in total. The highest BCUT2D eigenvalue weighted by Gasteiger charge is 2.30. The lowest BCUT2D eigenvalue weighted by Crippen LogP contribution is -2.42. The monoisotopic (exact) mass is 330 g/mol. The summed E-state index contributed by atoms with van der Waals surface area (Å²) in [6.45, 7) is 7.40. The Bertz CT molecular complexity index is 713. The van der Waals surface area contributed by atoms with Gasteiger partial charge in [-0.2, -0.15) is 0 Å². The predicted molar refractivity (Wildman–Crippen MR) is 86.6 cm³/mol. The molecule has 1 fully saturated rings. The molecule has 7 heteroatoms. The highest BCUT2D eigenvalue weighted by atomic mass is 16.5. The second-order valence-electron chi connectivity index (χ2n) is 6.13. The third kappa shape index (κ3) is 3.31. The van der Waals surface area contributed by atoms with E-state index in [1.165, 1.54) is 0 Å². The van der Waals surface area contributed by atoms with Crippen LogP contribution in [0.3, 0.4) is 0 Å². The number of carbonyl (C=O) groups is 1. The Balaban J connectivity index is 1.76. The molecule has 0 spiro atoms. The van der Waals surface area contributed by atoms with Gasteiger partial charge in [-0.15, -0.1) is 10.2 Å². The molecule has 0 aromatic carbocycles. The first-order chi connectivity index (χ1) is 11.6. The number of rotatable bonds is 4. The summed E-state index contributed by atoms with van der Waals surface area (Å²) in [5, 5.41) is 8.11. The smallest absolute Gasteiger partial charge is 0.254 e. The minimum atomic E-state index is -0.380. The van der Waals surface area contributed by atoms with Gasteiger partial charge in [0.2, 0.25) is 11.8 Å². The first-order valence-electron chi connectivity index (χ1n) is 8.27. The molecule has 0 radical (unpaired) electrons. The van der Waals surface area contributed by atoms with E-state index in [9.17, 15) is 4.79 Å². The van der Waals surface area contributed by atoms with E-state index in [1.54, 1.807) is 23.4 Å². The van der Waals surface area contributed by atoms with Crippen LogP contribution >= 0.6 is 0 Å². The largest absolute Gasteiger partial charge is 0.422 e. The first-order valence-corrected chi connectivity index (χ1v) is 8.27. The number of morpholine rings is 1. The van der Waals surface area contributed by atoms with Crippen molar-refractivity contribution in [3.05, 3.63) is 41.4 Å². The molecular weight excluding hydrogens is 308 g/mol. The van der Waals surface area contributed by atoms with Gasteiger partial charge < -0.3 is 14.1 Å². The molecule has 0 bridgehead atoms. The third-order valence-electron chi connectivity index (χ3n) is 4.09. The van der Waals surface area contributed by atoms with Crippen LogP contribution in [-0.4, -0.2) is 45.7 Å². The second kappa shape index (κ2) is 7.09. The first kappa shape index (κ1) is 16.6. The van der Waals surface area contributed by atoms with Gasteiger partial charge in [-0.3, -0.25) is 9.78 Å². The summed E-state index contributed by atoms with van der Waals surface area (Å²) >= 11 is 0. The van der Waals surface area contributed by atoms with Gasteiger partial charge in [0.15, 0.2) is 6.10 Å². The summed E-state index contributed by atoms with van der Waals surface area (Å²) in [7, 11) is 0. The molecular formula is C17H22N4O3. The van der Waals surface area contributed by atoms with Crippen LogP contribution in [0.15, 0.2) is 22.9 Å². The van der Waals surface area contributed by atoms with Gasteiger partial charge in [0, 0.05) is 30.4 Å². The molecule has 0 saturated carbocycles. The van der Waals surface area contributed by atoms with E-state index in [2.05, 4.69) is 15.2 Å². The Hall–Kier alpha value is -2.28. The molecule has 3 rings (SSSR count). The lowest BCUT2D eigenvalue weighted by Gasteiger charge is -2.31. The molecule has 2 aromatic heterocycles. The van der Waals surface area contributed by atoms with Crippen LogP contribution in [0.1, 0.15) is 60.5 Å². The quantitative estimate of drug-likeness (QED) is 0.856. The van der Waals surface area contributed by atoms with Crippen LogP contribution in [0.25, 0.3) is 0 Å². The summed E-state index contributed by atoms with van der Waals surface area (Å²) < 4.78 is 11.4. The Morgan fingerprint density at radius 2 is 2.25 bits per heavy atom. The van der Waals surface area contributed by atoms with Crippen molar-refractivity contribution in [2.24, 2.45) is 0 Å². The molecule has 1 aliphatic heterocycles. The SMILES string of the molecule is CCc1cnccc1C(=O)N1CCO[C@@H](c2nnc(C(C)C)o2)C1. The number of pyridine rings is 1. The van der Waals surface area contributed by atoms with Crippen molar-refractivity contribution in [1.29, 1.82) is 0 Å². The van der Waals surface area contributed by atoms with Crippen LogP contribution in [0.2, 0.25) is 0 Å². The van der Waals surface area contributed by atoms with Crippen LogP contribution in [0.5, 0.6) is 0 Å². The second-order valence-corrected chi connectivity index (χ2v) is 6.13. The van der Waals surface area contributed by atoms with Crippen molar-refractivity contribution < 1.29 is 13.9 Å². The zero-order valence-electron chi connectivity index (χ0n) is 14.2. The van der Waals surface area contributed by atoms with Gasteiger partial charge in [0.1, 0.15) is 0 Å². The van der Waals surface area contributed by atoms with E-state index in [0.717, 1.165) is 12.0 Å². The fourth-order valence-electron chi connectivity index (χ4n) is 2.68. The Morgan fingerprint density at radius 1 is 1.42 bits per heavy atom. The standard InChI is InChI=1S/C17H22N4O3/c1-4-12-9-18-6-5-13(12)17(22)21-7-8-23-14(10-21)16-20-19-15(24-16)11(2)3/h5-6,9,11,14H,4,7-8,10H2,1-3H3/t14-/m1/s1. The summed E-state index contributed by atoms with van der Waals surface area (Å²) in [5.74, 6) is 1.17. The summed E-state index contributed by atoms with van der Waals surface area (Å²) in [4.78, 5) is 18.7. The molecule has 1 aliphatic rings. The van der Waals surface area contributed by atoms with Gasteiger partial charge in [0.25, 0.3) is 5.91 Å². The maximum absolute atomic E-state index is 12.8. The van der Waals surface area contributed by atoms with E-state index in [-0.39, 0.29) is 17.9 Å². The van der Waals surface area contributed by atoms with Crippen molar-refractivity contribution in [2.75, 3.05) is 19.7 Å². The Morgan fingerprint density at radius 3 is 2.96 bits per heavy atom. The number of ether oxygens (including phenoxy) is 1. The van der Waals surface area contributed by atoms with Gasteiger partial charge in [-0.1, -0.05) is 20.8 Å². The number of aromatic nitrogens is 3. The maximum Gasteiger partial charge on any atom is 0.254 e. The normalized spacial score (nSPS) is 18.2. The molecule has 1 atom stereocenters. The summed E-state index contributed by atoms with van der Waals surface area (Å²) in [5.41, 5.74) is 1.65. The minimum Gasteiger partial charge on any atom is -0.422 e. The van der Waals surface area contributed by atoms with E-state index < -0.39 is 0 Å². The molecule has 1 saturated heterocycles. The predicted octanol–water partition coefficient (Wildman–Crippen LogP) is 2.36. The minimum absolute atomic E-state index is 0.00820. The van der Waals surface area contributed by atoms with Crippen molar-refractivity contribution in [3.63, 3.8) is 0 Å². The molecule has 0 aliphatic carbocycles. The molecule has 0 N–H and O–H groups in total. The molecule has 1 amide bonds. The number of hydrogen-bond donors (Lipinski definition) is 0. The fourth-order valence-corrected chi connectivity index (χ4v) is 2.68. The summed E-state index contributed by atoms with van der Waals surface area (Å²) in [6, 6.07) is 1.77. The maximum atomic E-state index is 12.8. The van der Waals surface area contributed by atoms with Crippen molar-refractivity contribution in [3.8, 4) is 0 Å². The molecule has 128 valence electrons. The molecule has 24 heavy (non-hydrogen) atoms. The van der Waals surface area contributed by atoms with E-state index in [0.29, 0.717) is 37.0 Å². The number of aryl methyl sites for hydroxylation is 1. The molecule has 2 aromatic rings. The highest BCUT2D eigenvalue weighted by Crippen LogP contribution is 2.24. The average molecular weight is 330 g/mol. The van der Waals surface area contributed by atoms with Crippen LogP contribution in [0, 0.1) is 0 Å². The van der Waals surface area contributed by atoms with Gasteiger partial charge in [0.05, 0.1) is 13.2 Å². The zero-order chi connectivity index (χ0) is 17.1. The number of carbonyl (C=O) groups excluding carboxylic acids is 1. The lowest BCUT2D eigenvalue weighted by molar-refractivity contribution is -0.0351. The number of amides is 1. The topological polar surface area (TPSA) is 81.4 Å². The molecule has 3 heterocycles. The fraction of sp³-hybridized carbons (Fsp3) is 0.529. The van der Waals surface area contributed by atoms with Gasteiger partial charge >= 0.3 is 0 Å². The van der Waals surface area contributed by atoms with E-state index in [4.69, 9.17) is 9.15 Å². The highest BCUT2D eigenvalue weighted by molar-refractivity contribution is 5.95. The van der Waals surface area contributed by atoms with Gasteiger partial charge in [-0.25, -0.2) is 0 Å².